The number of hydrogen-bond donors (Lipinski definition) is 2. The van der Waals surface area contributed by atoms with Gasteiger partial charge in [0.15, 0.2) is 11.7 Å². The van der Waals surface area contributed by atoms with E-state index in [0.717, 1.165) is 11.4 Å². The molecule has 0 bridgehead atoms. The standard InChI is InChI=1S/C15H16N6O3/c1-19(15(23)24)9-5-20(6-9)13-14-18-12(22)7-21(14)11-4-8(16)2-3-10(11)17-13/h2-4,9H,5-7,16H2,1H3,(H,23,24). The molecule has 3 heterocycles. The molecule has 124 valence electrons. The van der Waals surface area contributed by atoms with E-state index in [9.17, 15) is 9.59 Å². The molecule has 0 unspecified atom stereocenters. The van der Waals surface area contributed by atoms with Gasteiger partial charge in [0.2, 0.25) is 0 Å². The number of likely N-dealkylation sites (tertiary alicyclic amines) is 1. The Balaban J connectivity index is 1.66. The van der Waals surface area contributed by atoms with Crippen molar-refractivity contribution in [1.82, 2.24) is 9.80 Å². The van der Waals surface area contributed by atoms with Crippen LogP contribution in [-0.4, -0.2) is 71.3 Å². The van der Waals surface area contributed by atoms with Crippen LogP contribution in [0, 0.1) is 0 Å². The molecule has 0 aliphatic carbocycles. The number of amides is 2. The minimum atomic E-state index is -0.957. The highest BCUT2D eigenvalue weighted by atomic mass is 16.4. The first kappa shape index (κ1) is 14.5. The van der Waals surface area contributed by atoms with Crippen LogP contribution < -0.4 is 10.6 Å². The molecule has 0 aromatic heterocycles. The minimum Gasteiger partial charge on any atom is -0.465 e. The number of nitrogens with zero attached hydrogens (tertiary/aromatic N) is 5. The van der Waals surface area contributed by atoms with E-state index in [1.165, 1.54) is 4.90 Å². The molecule has 3 N–H and O–H groups in total. The first-order valence-corrected chi connectivity index (χ1v) is 7.52. The number of aliphatic imine (C=N–C) groups is 2. The summed E-state index contributed by atoms with van der Waals surface area (Å²) in [7, 11) is 1.55. The Kier molecular flexibility index (Phi) is 2.99. The number of hydrogen-bond acceptors (Lipinski definition) is 6. The normalized spacial score (nSPS) is 19.3. The van der Waals surface area contributed by atoms with Crippen molar-refractivity contribution < 1.29 is 14.7 Å². The zero-order valence-corrected chi connectivity index (χ0v) is 13.0. The van der Waals surface area contributed by atoms with Crippen molar-refractivity contribution in [2.24, 2.45) is 9.98 Å². The number of benzene rings is 1. The molecule has 9 heteroatoms. The third kappa shape index (κ3) is 2.08. The second-order valence-electron chi connectivity index (χ2n) is 6.05. The van der Waals surface area contributed by atoms with Gasteiger partial charge < -0.3 is 25.5 Å². The van der Waals surface area contributed by atoms with Gasteiger partial charge in [0.05, 0.1) is 17.4 Å². The van der Waals surface area contributed by atoms with E-state index in [1.807, 2.05) is 15.9 Å². The summed E-state index contributed by atoms with van der Waals surface area (Å²) < 4.78 is 0. The predicted octanol–water partition coefficient (Wildman–Crippen LogP) is 0.351. The Morgan fingerprint density at radius 3 is 2.79 bits per heavy atom. The molecule has 24 heavy (non-hydrogen) atoms. The van der Waals surface area contributed by atoms with E-state index in [1.54, 1.807) is 19.2 Å². The van der Waals surface area contributed by atoms with Gasteiger partial charge in [0, 0.05) is 25.8 Å². The Labute approximate surface area is 137 Å². The van der Waals surface area contributed by atoms with Crippen LogP contribution >= 0.6 is 0 Å². The fourth-order valence-electron chi connectivity index (χ4n) is 3.05. The molecule has 1 saturated heterocycles. The van der Waals surface area contributed by atoms with Crippen molar-refractivity contribution in [3.05, 3.63) is 18.2 Å². The lowest BCUT2D eigenvalue weighted by Crippen LogP contribution is -2.63. The van der Waals surface area contributed by atoms with Crippen LogP contribution in [0.4, 0.5) is 21.9 Å². The highest BCUT2D eigenvalue weighted by molar-refractivity contribution is 6.50. The number of carbonyl (C=O) groups is 2. The smallest absolute Gasteiger partial charge is 0.407 e. The molecule has 3 aliphatic heterocycles. The van der Waals surface area contributed by atoms with E-state index in [-0.39, 0.29) is 18.5 Å². The summed E-state index contributed by atoms with van der Waals surface area (Å²) in [6, 6.07) is 5.26. The van der Waals surface area contributed by atoms with Crippen LogP contribution in [0.15, 0.2) is 28.2 Å². The van der Waals surface area contributed by atoms with E-state index in [4.69, 9.17) is 10.8 Å². The topological polar surface area (TPSA) is 115 Å². The SMILES string of the molecule is CN(C(=O)O)C1CN(C2=Nc3ccc(N)cc3N3CC(=O)N=C23)C1. The number of anilines is 2. The van der Waals surface area contributed by atoms with Crippen LogP contribution in [0.1, 0.15) is 0 Å². The van der Waals surface area contributed by atoms with Crippen molar-refractivity contribution in [3.63, 3.8) is 0 Å². The molecule has 1 aromatic carbocycles. The highest BCUT2D eigenvalue weighted by Gasteiger charge is 2.41. The molecular weight excluding hydrogens is 312 g/mol. The lowest BCUT2D eigenvalue weighted by atomic mass is 10.1. The number of carbonyl (C=O) groups excluding carboxylic acids is 1. The van der Waals surface area contributed by atoms with Crippen LogP contribution in [-0.2, 0) is 4.79 Å². The van der Waals surface area contributed by atoms with Gasteiger partial charge in [-0.05, 0) is 18.2 Å². The molecule has 1 fully saturated rings. The Morgan fingerprint density at radius 2 is 2.08 bits per heavy atom. The first-order chi connectivity index (χ1) is 11.4. The Hall–Kier alpha value is -3.10. The first-order valence-electron chi connectivity index (χ1n) is 7.52. The Bertz CT molecular complexity index is 811. The summed E-state index contributed by atoms with van der Waals surface area (Å²) in [5.74, 6) is 0.885. The van der Waals surface area contributed by atoms with Gasteiger partial charge in [-0.25, -0.2) is 9.79 Å². The van der Waals surface area contributed by atoms with Crippen LogP contribution in [0.3, 0.4) is 0 Å². The van der Waals surface area contributed by atoms with E-state index >= 15 is 0 Å². The molecular formula is C15H16N6O3. The molecule has 9 nitrogen and oxygen atoms in total. The lowest BCUT2D eigenvalue weighted by molar-refractivity contribution is -0.115. The lowest BCUT2D eigenvalue weighted by Gasteiger charge is -2.45. The summed E-state index contributed by atoms with van der Waals surface area (Å²) in [5, 5.41) is 9.04. The number of likely N-dealkylation sites (N-methyl/N-ethyl adjacent to an activating group) is 1. The van der Waals surface area contributed by atoms with Gasteiger partial charge in [0.25, 0.3) is 5.91 Å². The van der Waals surface area contributed by atoms with Crippen LogP contribution in [0.2, 0.25) is 0 Å². The molecule has 2 amide bonds. The average Bonchev–Trinajstić information content (AvgIpc) is 2.88. The highest BCUT2D eigenvalue weighted by Crippen LogP contribution is 2.37. The van der Waals surface area contributed by atoms with E-state index < -0.39 is 6.09 Å². The third-order valence-corrected chi connectivity index (χ3v) is 4.51. The summed E-state index contributed by atoms with van der Waals surface area (Å²) in [6.45, 7) is 1.21. The number of rotatable bonds is 1. The maximum atomic E-state index is 11.8. The largest absolute Gasteiger partial charge is 0.465 e. The molecule has 0 saturated carbocycles. The number of amidine groups is 2. The summed E-state index contributed by atoms with van der Waals surface area (Å²) in [5.41, 5.74) is 7.93. The summed E-state index contributed by atoms with van der Waals surface area (Å²) >= 11 is 0. The summed E-state index contributed by atoms with van der Waals surface area (Å²) in [6.07, 6.45) is -0.957. The quantitative estimate of drug-likeness (QED) is 0.719. The van der Waals surface area contributed by atoms with Gasteiger partial charge in [-0.15, -0.1) is 0 Å². The predicted molar refractivity (Wildman–Crippen MR) is 88.9 cm³/mol. The summed E-state index contributed by atoms with van der Waals surface area (Å²) in [4.78, 5) is 36.6. The molecule has 1 aromatic rings. The van der Waals surface area contributed by atoms with Gasteiger partial charge in [-0.2, -0.15) is 4.99 Å². The molecule has 0 radical (unpaired) electrons. The van der Waals surface area contributed by atoms with Crippen molar-refractivity contribution in [3.8, 4) is 0 Å². The monoisotopic (exact) mass is 328 g/mol. The fraction of sp³-hybridized carbons (Fsp3) is 0.333. The van der Waals surface area contributed by atoms with Crippen molar-refractivity contribution in [2.45, 2.75) is 6.04 Å². The molecule has 0 atom stereocenters. The van der Waals surface area contributed by atoms with E-state index in [2.05, 4.69) is 9.98 Å². The second kappa shape index (κ2) is 4.95. The van der Waals surface area contributed by atoms with E-state index in [0.29, 0.717) is 30.4 Å². The number of nitrogens with two attached hydrogens (primary N) is 1. The van der Waals surface area contributed by atoms with Crippen molar-refractivity contribution in [1.29, 1.82) is 0 Å². The molecule has 0 spiro atoms. The fourth-order valence-corrected chi connectivity index (χ4v) is 3.05. The second-order valence-corrected chi connectivity index (χ2v) is 6.05. The van der Waals surface area contributed by atoms with Gasteiger partial charge in [-0.1, -0.05) is 0 Å². The Morgan fingerprint density at radius 1 is 1.33 bits per heavy atom. The van der Waals surface area contributed by atoms with Gasteiger partial charge in [-0.3, -0.25) is 4.79 Å². The maximum absolute atomic E-state index is 11.8. The third-order valence-electron chi connectivity index (χ3n) is 4.51. The molecule has 3 aliphatic rings. The maximum Gasteiger partial charge on any atom is 0.407 e. The zero-order chi connectivity index (χ0) is 17.0. The van der Waals surface area contributed by atoms with Gasteiger partial charge >= 0.3 is 6.09 Å². The number of nitrogen functional groups attached to an aromatic ring is 1. The number of carboxylic acid groups (broad SMARTS) is 1. The van der Waals surface area contributed by atoms with Crippen LogP contribution in [0.5, 0.6) is 0 Å². The number of fused-ring (bicyclic) bond motifs is 3. The average molecular weight is 328 g/mol. The van der Waals surface area contributed by atoms with Gasteiger partial charge in [0.1, 0.15) is 6.54 Å². The zero-order valence-electron chi connectivity index (χ0n) is 13.0. The van der Waals surface area contributed by atoms with Crippen molar-refractivity contribution >= 4 is 40.7 Å². The minimum absolute atomic E-state index is 0.0934. The van der Waals surface area contributed by atoms with Crippen molar-refractivity contribution in [2.75, 3.05) is 37.3 Å². The van der Waals surface area contributed by atoms with Crippen LogP contribution in [0.25, 0.3) is 0 Å². The molecule has 4 rings (SSSR count).